The van der Waals surface area contributed by atoms with Gasteiger partial charge in [-0.1, -0.05) is 300 Å². The van der Waals surface area contributed by atoms with Gasteiger partial charge in [-0.3, -0.25) is 4.79 Å². The first-order chi connectivity index (χ1) is 31.2. The largest absolute Gasteiger partial charge is 0.396 e. The van der Waals surface area contributed by atoms with Gasteiger partial charge in [0.2, 0.25) is 5.91 Å². The van der Waals surface area contributed by atoms with Gasteiger partial charge in [0, 0.05) is 12.7 Å². The second-order valence-electron chi connectivity index (χ2n) is 19.2. The van der Waals surface area contributed by atoms with Gasteiger partial charge in [-0.2, -0.15) is 0 Å². The summed E-state index contributed by atoms with van der Waals surface area (Å²) in [6.07, 6.45) is 73.4. The first-order valence-electron chi connectivity index (χ1n) is 28.0. The number of carbonyl (C=O) groups is 1. The Kier molecular flexibility index (Phi) is 53.2. The van der Waals surface area contributed by atoms with Crippen molar-refractivity contribution in [2.75, 3.05) is 13.2 Å². The summed E-state index contributed by atoms with van der Waals surface area (Å²) >= 11 is 0. The lowest BCUT2D eigenvalue weighted by Gasteiger charge is -2.18. The van der Waals surface area contributed by atoms with Crippen molar-refractivity contribution in [2.45, 2.75) is 302 Å². The summed E-state index contributed by atoms with van der Waals surface area (Å²) in [5.74, 6) is -0.314. The highest BCUT2D eigenvalue weighted by Gasteiger charge is 2.17. The van der Waals surface area contributed by atoms with Crippen LogP contribution in [0, 0.1) is 0 Å². The number of aliphatic hydroxyl groups excluding tert-OH is 3. The zero-order valence-corrected chi connectivity index (χ0v) is 42.1. The molecule has 0 spiro atoms. The molecule has 0 saturated heterocycles. The molecule has 0 aliphatic rings. The van der Waals surface area contributed by atoms with E-state index in [-0.39, 0.29) is 12.5 Å². The summed E-state index contributed by atoms with van der Waals surface area (Å²) in [6.45, 7) is 2.34. The predicted molar refractivity (Wildman–Crippen MR) is 277 cm³/mol. The number of rotatable bonds is 52. The van der Waals surface area contributed by atoms with E-state index in [4.69, 9.17) is 5.11 Å². The van der Waals surface area contributed by atoms with Gasteiger partial charge in [0.1, 0.15) is 0 Å². The molecule has 0 aromatic carbocycles. The number of unbranched alkanes of at least 4 members (excludes halogenated alkanes) is 42. The zero-order valence-electron chi connectivity index (χ0n) is 42.1. The number of aliphatic hydroxyl groups is 3. The molecule has 0 aliphatic heterocycles. The molecule has 0 bridgehead atoms. The van der Waals surface area contributed by atoms with Crippen LogP contribution in [0.15, 0.2) is 48.6 Å². The van der Waals surface area contributed by atoms with Gasteiger partial charge in [-0.25, -0.2) is 0 Å². The first kappa shape index (κ1) is 61.3. The maximum atomic E-state index is 12.3. The predicted octanol–water partition coefficient (Wildman–Crippen LogP) is 17.2. The Morgan fingerprint density at radius 1 is 0.397 bits per heavy atom. The maximum absolute atomic E-state index is 12.3. The third-order valence-corrected chi connectivity index (χ3v) is 13.0. The Bertz CT molecular complexity index is 1000. The van der Waals surface area contributed by atoms with Gasteiger partial charge in [-0.05, 0) is 32.1 Å². The highest BCUT2D eigenvalue weighted by Crippen LogP contribution is 2.17. The second-order valence-corrected chi connectivity index (χ2v) is 19.2. The van der Waals surface area contributed by atoms with Crippen LogP contribution >= 0.6 is 0 Å². The van der Waals surface area contributed by atoms with Crippen molar-refractivity contribution in [3.8, 4) is 0 Å². The van der Waals surface area contributed by atoms with Gasteiger partial charge >= 0.3 is 0 Å². The third-order valence-electron chi connectivity index (χ3n) is 13.0. The smallest absolute Gasteiger partial charge is 0.244 e. The van der Waals surface area contributed by atoms with Crippen LogP contribution in [0.25, 0.3) is 0 Å². The lowest BCUT2D eigenvalue weighted by atomic mass is 10.0. The molecule has 5 nitrogen and oxygen atoms in total. The molecule has 0 rings (SSSR count). The quantitative estimate of drug-likeness (QED) is 0.0212. The minimum atomic E-state index is -0.901. The van der Waals surface area contributed by atoms with E-state index in [9.17, 15) is 15.0 Å². The molecular weight excluding hydrogens is 775 g/mol. The summed E-state index contributed by atoms with van der Waals surface area (Å²) in [6, 6.07) is -0.710. The molecule has 5 heteroatoms. The molecule has 2 unspecified atom stereocenters. The fourth-order valence-corrected chi connectivity index (χ4v) is 8.71. The monoisotopic (exact) mass is 884 g/mol. The highest BCUT2D eigenvalue weighted by molar-refractivity contribution is 5.88. The van der Waals surface area contributed by atoms with E-state index < -0.39 is 12.1 Å². The zero-order chi connectivity index (χ0) is 45.6. The second kappa shape index (κ2) is 54.6. The summed E-state index contributed by atoms with van der Waals surface area (Å²) < 4.78 is 0. The number of amides is 1. The normalized spacial score (nSPS) is 13.1. The fraction of sp³-hybridized carbons (Fsp3) is 0.845. The van der Waals surface area contributed by atoms with Crippen LogP contribution in [0.3, 0.4) is 0 Å². The minimum Gasteiger partial charge on any atom is -0.396 e. The van der Waals surface area contributed by atoms with Crippen molar-refractivity contribution in [3.05, 3.63) is 48.6 Å². The van der Waals surface area contributed by atoms with E-state index in [0.717, 1.165) is 25.7 Å². The van der Waals surface area contributed by atoms with E-state index in [2.05, 4.69) is 18.3 Å². The van der Waals surface area contributed by atoms with E-state index in [1.165, 1.54) is 263 Å². The summed E-state index contributed by atoms with van der Waals surface area (Å²) in [5, 5.41) is 31.8. The number of carbonyl (C=O) groups excluding carboxylic acids is 1. The van der Waals surface area contributed by atoms with Crippen LogP contribution in [-0.4, -0.2) is 46.6 Å². The molecule has 0 aliphatic carbocycles. The van der Waals surface area contributed by atoms with Crippen molar-refractivity contribution in [1.29, 1.82) is 0 Å². The lowest BCUT2D eigenvalue weighted by molar-refractivity contribution is -0.118. The molecular formula is C58H109NO4. The molecule has 1 amide bonds. The molecule has 0 aromatic rings. The molecule has 0 radical (unpaired) electrons. The van der Waals surface area contributed by atoms with Crippen molar-refractivity contribution in [2.24, 2.45) is 0 Å². The molecule has 0 fully saturated rings. The Balaban J connectivity index is 3.56. The van der Waals surface area contributed by atoms with E-state index in [0.29, 0.717) is 6.61 Å². The van der Waals surface area contributed by atoms with Crippen LogP contribution < -0.4 is 5.32 Å². The van der Waals surface area contributed by atoms with Crippen molar-refractivity contribution >= 4 is 5.91 Å². The Morgan fingerprint density at radius 3 is 1.03 bits per heavy atom. The van der Waals surface area contributed by atoms with Crippen LogP contribution in [-0.2, 0) is 4.79 Å². The van der Waals surface area contributed by atoms with Crippen molar-refractivity contribution < 1.29 is 20.1 Å². The van der Waals surface area contributed by atoms with E-state index >= 15 is 0 Å². The van der Waals surface area contributed by atoms with Crippen LogP contribution in [0.2, 0.25) is 0 Å². The van der Waals surface area contributed by atoms with Crippen LogP contribution in [0.5, 0.6) is 0 Å². The Labute approximate surface area is 393 Å². The van der Waals surface area contributed by atoms with Gasteiger partial charge in [0.25, 0.3) is 0 Å². The highest BCUT2D eigenvalue weighted by atomic mass is 16.3. The summed E-state index contributed by atoms with van der Waals surface area (Å²) in [7, 11) is 0. The van der Waals surface area contributed by atoms with Gasteiger partial charge < -0.3 is 20.6 Å². The summed E-state index contributed by atoms with van der Waals surface area (Å²) in [4.78, 5) is 12.3. The average Bonchev–Trinajstić information content (AvgIpc) is 3.29. The van der Waals surface area contributed by atoms with Gasteiger partial charge in [0.05, 0.1) is 18.8 Å². The number of allylic oxidation sites excluding steroid dienone is 6. The van der Waals surface area contributed by atoms with Gasteiger partial charge in [0.15, 0.2) is 0 Å². The van der Waals surface area contributed by atoms with E-state index in [1.54, 1.807) is 12.2 Å². The molecule has 0 heterocycles. The van der Waals surface area contributed by atoms with Crippen LogP contribution in [0.1, 0.15) is 289 Å². The molecule has 2 atom stereocenters. The number of nitrogens with one attached hydrogen (secondary N) is 1. The molecule has 0 aromatic heterocycles. The number of hydrogen-bond acceptors (Lipinski definition) is 4. The molecule has 370 valence electrons. The molecule has 63 heavy (non-hydrogen) atoms. The number of hydrogen-bond donors (Lipinski definition) is 4. The molecule has 0 saturated carbocycles. The van der Waals surface area contributed by atoms with Gasteiger partial charge in [-0.15, -0.1) is 0 Å². The van der Waals surface area contributed by atoms with Crippen molar-refractivity contribution in [3.63, 3.8) is 0 Å². The minimum absolute atomic E-state index is 0.306. The van der Waals surface area contributed by atoms with Crippen molar-refractivity contribution in [1.82, 2.24) is 5.32 Å². The standard InChI is InChI=1S/C58H109NO4/c1-2-3-4-5-6-7-8-9-10-11-25-28-31-34-37-40-43-46-49-52-57(62)56(55-61)59-58(63)53-50-47-44-41-38-35-32-29-26-23-21-19-17-15-13-12-14-16-18-20-22-24-27-30-33-36-39-42-45-48-51-54-60/h38,41,44,47,49-50,52-53,56-57,60-62H,2-37,39-40,42-43,45-46,48,51,54-55H2,1H3,(H,59,63). The Morgan fingerprint density at radius 2 is 0.698 bits per heavy atom. The third kappa shape index (κ3) is 51.2. The first-order valence-corrected chi connectivity index (χ1v) is 28.0. The fourth-order valence-electron chi connectivity index (χ4n) is 8.71. The topological polar surface area (TPSA) is 89.8 Å². The Hall–Kier alpha value is -1.69. The molecule has 4 N–H and O–H groups in total. The SMILES string of the molecule is CCCCCCCCCCCCCCCCCCCC=CC(O)C(CO)NC(=O)C=CC=CC=CCCCCCCCCCCCCCCCCCCCCCCCCCCCO. The maximum Gasteiger partial charge on any atom is 0.244 e. The summed E-state index contributed by atoms with van der Waals surface area (Å²) in [5.41, 5.74) is 0. The van der Waals surface area contributed by atoms with Crippen LogP contribution in [0.4, 0.5) is 0 Å². The average molecular weight is 885 g/mol. The van der Waals surface area contributed by atoms with E-state index in [1.807, 2.05) is 24.3 Å². The lowest BCUT2D eigenvalue weighted by Crippen LogP contribution is -2.44.